The fraction of sp³-hybridized carbons (Fsp3) is 0.600. The molecule has 0 spiro atoms. The average molecular weight is 215 g/mol. The summed E-state index contributed by atoms with van der Waals surface area (Å²) in [4.78, 5) is 1.21. The maximum Gasteiger partial charge on any atom is 0.134 e. The van der Waals surface area contributed by atoms with E-state index >= 15 is 0 Å². The molecule has 1 heterocycles. The molecule has 2 N–H and O–H groups in total. The molecule has 1 unspecified atom stereocenters. The zero-order valence-electron chi connectivity index (χ0n) is 8.62. The molecule has 0 amide bonds. The Morgan fingerprint density at radius 1 is 1.64 bits per heavy atom. The van der Waals surface area contributed by atoms with Crippen molar-refractivity contribution in [1.29, 1.82) is 0 Å². The molecule has 1 rings (SSSR count). The van der Waals surface area contributed by atoms with Crippen LogP contribution < -0.4 is 10.1 Å². The second kappa shape index (κ2) is 6.01. The van der Waals surface area contributed by atoms with Gasteiger partial charge in [0.2, 0.25) is 0 Å². The zero-order chi connectivity index (χ0) is 10.4. The van der Waals surface area contributed by atoms with E-state index in [2.05, 4.69) is 5.32 Å². The summed E-state index contributed by atoms with van der Waals surface area (Å²) >= 11 is 1.68. The van der Waals surface area contributed by atoms with E-state index in [-0.39, 0.29) is 6.61 Å². The predicted molar refractivity (Wildman–Crippen MR) is 58.8 cm³/mol. The third-order valence-electron chi connectivity index (χ3n) is 2.01. The molecule has 0 bridgehead atoms. The van der Waals surface area contributed by atoms with Crippen molar-refractivity contribution < 1.29 is 9.84 Å². The van der Waals surface area contributed by atoms with Crippen LogP contribution in [0.15, 0.2) is 11.4 Å². The quantitative estimate of drug-likeness (QED) is 0.755. The lowest BCUT2D eigenvalue weighted by Gasteiger charge is -2.09. The van der Waals surface area contributed by atoms with Crippen molar-refractivity contribution >= 4 is 11.3 Å². The number of hydrogen-bond donors (Lipinski definition) is 2. The second-order valence-corrected chi connectivity index (χ2v) is 4.33. The maximum absolute atomic E-state index is 8.83. The van der Waals surface area contributed by atoms with Gasteiger partial charge in [-0.15, -0.1) is 11.3 Å². The lowest BCUT2D eigenvalue weighted by molar-refractivity contribution is 0.233. The smallest absolute Gasteiger partial charge is 0.134 e. The molecule has 0 aliphatic carbocycles. The first-order chi connectivity index (χ1) is 6.77. The molecule has 1 aromatic rings. The van der Waals surface area contributed by atoms with Crippen LogP contribution in [0, 0.1) is 5.92 Å². The summed E-state index contributed by atoms with van der Waals surface area (Å²) in [6.07, 6.45) is 0. The van der Waals surface area contributed by atoms with Crippen molar-refractivity contribution in [3.8, 4) is 5.75 Å². The lowest BCUT2D eigenvalue weighted by atomic mass is 10.2. The third-order valence-corrected chi connectivity index (χ3v) is 2.92. The number of aliphatic hydroxyl groups excluding tert-OH is 1. The minimum atomic E-state index is 0.231. The van der Waals surface area contributed by atoms with Gasteiger partial charge in [0.15, 0.2) is 0 Å². The normalized spacial score (nSPS) is 12.8. The number of methoxy groups -OCH3 is 1. The third kappa shape index (κ3) is 3.29. The first-order valence-electron chi connectivity index (χ1n) is 4.69. The van der Waals surface area contributed by atoms with Gasteiger partial charge in [-0.3, -0.25) is 0 Å². The Balaban J connectivity index is 2.31. The van der Waals surface area contributed by atoms with Gasteiger partial charge in [0.25, 0.3) is 0 Å². The van der Waals surface area contributed by atoms with Gasteiger partial charge in [-0.1, -0.05) is 6.92 Å². The first kappa shape index (κ1) is 11.5. The first-order valence-corrected chi connectivity index (χ1v) is 5.57. The Kier molecular flexibility index (Phi) is 4.93. The summed E-state index contributed by atoms with van der Waals surface area (Å²) < 4.78 is 5.19. The fourth-order valence-electron chi connectivity index (χ4n) is 1.14. The molecule has 0 saturated carbocycles. The summed E-state index contributed by atoms with van der Waals surface area (Å²) in [6.45, 7) is 3.88. The van der Waals surface area contributed by atoms with E-state index in [0.717, 1.165) is 18.8 Å². The summed E-state index contributed by atoms with van der Waals surface area (Å²) in [5.74, 6) is 1.25. The van der Waals surface area contributed by atoms with E-state index < -0.39 is 0 Å². The number of rotatable bonds is 6. The summed E-state index contributed by atoms with van der Waals surface area (Å²) in [5.41, 5.74) is 0. The molecule has 1 aromatic heterocycles. The minimum absolute atomic E-state index is 0.231. The SMILES string of the molecule is COc1ccsc1CNCC(C)CO. The molecular weight excluding hydrogens is 198 g/mol. The molecule has 14 heavy (non-hydrogen) atoms. The summed E-state index contributed by atoms with van der Waals surface area (Å²) in [5, 5.41) is 14.1. The van der Waals surface area contributed by atoms with Crippen LogP contribution in [0.5, 0.6) is 5.75 Å². The standard InChI is InChI=1S/C10H17NO2S/c1-8(7-12)5-11-6-10-9(13-2)3-4-14-10/h3-4,8,11-12H,5-7H2,1-2H3. The minimum Gasteiger partial charge on any atom is -0.496 e. The second-order valence-electron chi connectivity index (χ2n) is 3.33. The molecular formula is C10H17NO2S. The van der Waals surface area contributed by atoms with Crippen molar-refractivity contribution in [3.05, 3.63) is 16.3 Å². The van der Waals surface area contributed by atoms with Gasteiger partial charge >= 0.3 is 0 Å². The molecule has 1 atom stereocenters. The van der Waals surface area contributed by atoms with Crippen LogP contribution in [-0.2, 0) is 6.54 Å². The van der Waals surface area contributed by atoms with E-state index in [4.69, 9.17) is 9.84 Å². The molecule has 0 aliphatic heterocycles. The van der Waals surface area contributed by atoms with Crippen LogP contribution in [0.2, 0.25) is 0 Å². The Bertz CT molecular complexity index is 262. The van der Waals surface area contributed by atoms with E-state index in [1.165, 1.54) is 4.88 Å². The van der Waals surface area contributed by atoms with Crippen molar-refractivity contribution in [3.63, 3.8) is 0 Å². The van der Waals surface area contributed by atoms with Crippen LogP contribution >= 0.6 is 11.3 Å². The van der Waals surface area contributed by atoms with Crippen LogP contribution in [0.4, 0.5) is 0 Å². The molecule has 4 heteroatoms. The highest BCUT2D eigenvalue weighted by molar-refractivity contribution is 7.10. The van der Waals surface area contributed by atoms with Gasteiger partial charge in [-0.25, -0.2) is 0 Å². The zero-order valence-corrected chi connectivity index (χ0v) is 9.43. The van der Waals surface area contributed by atoms with E-state index in [1.807, 2.05) is 18.4 Å². The van der Waals surface area contributed by atoms with Gasteiger partial charge in [0, 0.05) is 19.7 Å². The summed E-state index contributed by atoms with van der Waals surface area (Å²) in [7, 11) is 1.68. The number of aliphatic hydroxyl groups is 1. The van der Waals surface area contributed by atoms with Crippen LogP contribution in [0.1, 0.15) is 11.8 Å². The number of nitrogens with one attached hydrogen (secondary N) is 1. The van der Waals surface area contributed by atoms with Crippen molar-refractivity contribution in [1.82, 2.24) is 5.32 Å². The molecule has 0 fully saturated rings. The summed E-state index contributed by atoms with van der Waals surface area (Å²) in [6, 6.07) is 1.97. The van der Waals surface area contributed by atoms with Gasteiger partial charge in [-0.05, 0) is 17.4 Å². The van der Waals surface area contributed by atoms with Gasteiger partial charge < -0.3 is 15.2 Å². The van der Waals surface area contributed by atoms with E-state index in [9.17, 15) is 0 Å². The molecule has 0 saturated heterocycles. The average Bonchev–Trinajstić information content (AvgIpc) is 2.65. The molecule has 0 aromatic carbocycles. The molecule has 80 valence electrons. The number of hydrogen-bond acceptors (Lipinski definition) is 4. The monoisotopic (exact) mass is 215 g/mol. The van der Waals surface area contributed by atoms with Gasteiger partial charge in [-0.2, -0.15) is 0 Å². The van der Waals surface area contributed by atoms with Crippen molar-refractivity contribution in [2.24, 2.45) is 5.92 Å². The molecule has 3 nitrogen and oxygen atoms in total. The van der Waals surface area contributed by atoms with Crippen LogP contribution in [0.25, 0.3) is 0 Å². The Labute approximate surface area is 88.7 Å². The largest absolute Gasteiger partial charge is 0.496 e. The number of ether oxygens (including phenoxy) is 1. The maximum atomic E-state index is 8.83. The Morgan fingerprint density at radius 2 is 2.43 bits per heavy atom. The molecule has 0 radical (unpaired) electrons. The number of thiophene rings is 1. The Morgan fingerprint density at radius 3 is 3.07 bits per heavy atom. The van der Waals surface area contributed by atoms with Crippen LogP contribution in [-0.4, -0.2) is 25.4 Å². The topological polar surface area (TPSA) is 41.5 Å². The fourth-order valence-corrected chi connectivity index (χ4v) is 1.95. The van der Waals surface area contributed by atoms with Gasteiger partial charge in [0.1, 0.15) is 5.75 Å². The highest BCUT2D eigenvalue weighted by atomic mass is 32.1. The molecule has 0 aliphatic rings. The predicted octanol–water partition coefficient (Wildman–Crippen LogP) is 1.47. The highest BCUT2D eigenvalue weighted by Gasteiger charge is 2.04. The highest BCUT2D eigenvalue weighted by Crippen LogP contribution is 2.23. The lowest BCUT2D eigenvalue weighted by Crippen LogP contribution is -2.22. The van der Waals surface area contributed by atoms with Crippen LogP contribution in [0.3, 0.4) is 0 Å². The van der Waals surface area contributed by atoms with E-state index in [0.29, 0.717) is 5.92 Å². The Hall–Kier alpha value is -0.580. The van der Waals surface area contributed by atoms with Crippen molar-refractivity contribution in [2.75, 3.05) is 20.3 Å². The van der Waals surface area contributed by atoms with Crippen molar-refractivity contribution in [2.45, 2.75) is 13.5 Å². The van der Waals surface area contributed by atoms with Gasteiger partial charge in [0.05, 0.1) is 12.0 Å². The van der Waals surface area contributed by atoms with E-state index in [1.54, 1.807) is 18.4 Å².